The summed E-state index contributed by atoms with van der Waals surface area (Å²) in [5.74, 6) is 0.205. The van der Waals surface area contributed by atoms with Gasteiger partial charge in [0.1, 0.15) is 10.8 Å². The Hall–Kier alpha value is -4.54. The number of rotatable bonds is 8. The molecule has 0 aliphatic carbocycles. The maximum Gasteiger partial charge on any atom is 0.126 e. The molecule has 0 spiro atoms. The van der Waals surface area contributed by atoms with Crippen molar-refractivity contribution < 1.29 is 5.11 Å². The van der Waals surface area contributed by atoms with Crippen LogP contribution in [0.2, 0.25) is 0 Å². The monoisotopic (exact) mass is 566 g/mol. The fourth-order valence-electron chi connectivity index (χ4n) is 5.45. The van der Waals surface area contributed by atoms with Gasteiger partial charge >= 0.3 is 0 Å². The Bertz CT molecular complexity index is 1880. The van der Waals surface area contributed by atoms with Crippen LogP contribution >= 0.6 is 11.3 Å². The second kappa shape index (κ2) is 12.1. The topological polar surface area (TPSA) is 45.5 Å². The number of benzene rings is 5. The molecule has 42 heavy (non-hydrogen) atoms. The van der Waals surface area contributed by atoms with Crippen LogP contribution in [0.25, 0.3) is 43.0 Å². The van der Waals surface area contributed by atoms with E-state index in [4.69, 9.17) is 9.98 Å². The van der Waals surface area contributed by atoms with Crippen molar-refractivity contribution in [1.82, 2.24) is 4.98 Å². The maximum absolute atomic E-state index is 10.7. The molecule has 5 aromatic carbocycles. The Kier molecular flexibility index (Phi) is 7.98. The molecular formula is C38H34N2OS. The number of aromatic hydroxyl groups is 1. The first kappa shape index (κ1) is 27.6. The van der Waals surface area contributed by atoms with Crippen molar-refractivity contribution in [3.63, 3.8) is 0 Å². The summed E-state index contributed by atoms with van der Waals surface area (Å²) in [7, 11) is 0. The van der Waals surface area contributed by atoms with Gasteiger partial charge in [-0.3, -0.25) is 4.99 Å². The zero-order valence-electron chi connectivity index (χ0n) is 24.3. The molecule has 0 saturated heterocycles. The van der Waals surface area contributed by atoms with Crippen LogP contribution in [0, 0.1) is 13.8 Å². The van der Waals surface area contributed by atoms with Gasteiger partial charge in [-0.05, 0) is 85.3 Å². The van der Waals surface area contributed by atoms with Crippen LogP contribution in [-0.2, 0) is 6.42 Å². The molecule has 0 saturated carbocycles. The van der Waals surface area contributed by atoms with Crippen molar-refractivity contribution in [2.24, 2.45) is 4.99 Å². The Labute approximate surface area is 251 Å². The van der Waals surface area contributed by atoms with Crippen LogP contribution in [0.1, 0.15) is 42.0 Å². The predicted molar refractivity (Wildman–Crippen MR) is 179 cm³/mol. The van der Waals surface area contributed by atoms with Crippen LogP contribution in [0.5, 0.6) is 5.75 Å². The number of phenols is 1. The van der Waals surface area contributed by atoms with E-state index in [0.29, 0.717) is 5.56 Å². The van der Waals surface area contributed by atoms with E-state index in [0.717, 1.165) is 39.3 Å². The second-order valence-electron chi connectivity index (χ2n) is 10.9. The molecule has 1 aromatic heterocycles. The third kappa shape index (κ3) is 5.90. The van der Waals surface area contributed by atoms with Gasteiger partial charge in [-0.15, -0.1) is 11.3 Å². The van der Waals surface area contributed by atoms with Crippen molar-refractivity contribution in [3.05, 3.63) is 125 Å². The molecule has 0 fully saturated rings. The molecule has 0 aliphatic rings. The minimum atomic E-state index is 0.205. The highest BCUT2D eigenvalue weighted by molar-refractivity contribution is 7.21. The summed E-state index contributed by atoms with van der Waals surface area (Å²) in [5, 5.41) is 11.6. The van der Waals surface area contributed by atoms with Crippen molar-refractivity contribution in [2.45, 2.75) is 40.0 Å². The molecule has 0 radical (unpaired) electrons. The number of phenolic OH excluding ortho intramolecular Hbond substituents is 1. The van der Waals surface area contributed by atoms with Gasteiger partial charge in [0, 0.05) is 22.9 Å². The normalized spacial score (nSPS) is 11.5. The third-order valence-corrected chi connectivity index (χ3v) is 8.55. The van der Waals surface area contributed by atoms with Crippen molar-refractivity contribution in [2.75, 3.05) is 0 Å². The summed E-state index contributed by atoms with van der Waals surface area (Å²) in [6.07, 6.45) is 5.15. The van der Waals surface area contributed by atoms with Crippen LogP contribution in [0.4, 0.5) is 5.69 Å². The Morgan fingerprint density at radius 2 is 1.52 bits per heavy atom. The average Bonchev–Trinajstić information content (AvgIpc) is 3.43. The highest BCUT2D eigenvalue weighted by Crippen LogP contribution is 2.40. The first-order valence-electron chi connectivity index (χ1n) is 14.5. The van der Waals surface area contributed by atoms with E-state index in [1.54, 1.807) is 23.6 Å². The summed E-state index contributed by atoms with van der Waals surface area (Å²) >= 11 is 1.71. The largest absolute Gasteiger partial charge is 0.507 e. The van der Waals surface area contributed by atoms with E-state index in [2.05, 4.69) is 87.5 Å². The molecular weight excluding hydrogens is 532 g/mol. The van der Waals surface area contributed by atoms with Gasteiger partial charge in [-0.25, -0.2) is 4.98 Å². The number of unbranched alkanes of at least 4 members (excludes halogenated alkanes) is 1. The molecule has 0 aliphatic heterocycles. The molecule has 0 amide bonds. The van der Waals surface area contributed by atoms with Crippen LogP contribution in [-0.4, -0.2) is 16.3 Å². The second-order valence-corrected chi connectivity index (χ2v) is 11.9. The quantitative estimate of drug-likeness (QED) is 0.186. The lowest BCUT2D eigenvalue weighted by molar-refractivity contribution is 0.474. The number of fused-ring (bicyclic) bond motifs is 1. The fourth-order valence-corrected chi connectivity index (χ4v) is 6.54. The lowest BCUT2D eigenvalue weighted by atomic mass is 9.99. The molecule has 6 rings (SSSR count). The summed E-state index contributed by atoms with van der Waals surface area (Å²) in [5.41, 5.74) is 11.8. The molecule has 0 unspecified atom stereocenters. The maximum atomic E-state index is 10.7. The van der Waals surface area contributed by atoms with E-state index in [-0.39, 0.29) is 5.75 Å². The van der Waals surface area contributed by atoms with Crippen molar-refractivity contribution >= 4 is 33.5 Å². The van der Waals surface area contributed by atoms with E-state index >= 15 is 0 Å². The van der Waals surface area contributed by atoms with Gasteiger partial charge in [-0.2, -0.15) is 0 Å². The SMILES string of the molecule is CCCCc1cc(-c2ccccc2)c2nc(-c3ccccc3N=Cc3cc(-c4cc(C)cc(C)c4)ccc3O)sc2c1. The lowest BCUT2D eigenvalue weighted by Crippen LogP contribution is -1.88. The lowest BCUT2D eigenvalue weighted by Gasteiger charge is -2.08. The Morgan fingerprint density at radius 1 is 0.762 bits per heavy atom. The number of para-hydroxylation sites is 1. The van der Waals surface area contributed by atoms with E-state index in [1.807, 2.05) is 30.3 Å². The number of thiazole rings is 1. The first-order valence-corrected chi connectivity index (χ1v) is 15.3. The Morgan fingerprint density at radius 3 is 2.31 bits per heavy atom. The number of nitrogens with zero attached hydrogens (tertiary/aromatic N) is 2. The molecule has 1 heterocycles. The van der Waals surface area contributed by atoms with E-state index in [9.17, 15) is 5.11 Å². The predicted octanol–water partition coefficient (Wildman–Crippen LogP) is 10.7. The molecule has 0 atom stereocenters. The summed E-state index contributed by atoms with van der Waals surface area (Å²) in [6.45, 7) is 6.44. The van der Waals surface area contributed by atoms with E-state index in [1.165, 1.54) is 45.4 Å². The molecule has 208 valence electrons. The minimum Gasteiger partial charge on any atom is -0.507 e. The highest BCUT2D eigenvalue weighted by atomic mass is 32.1. The Balaban J connectivity index is 1.40. The first-order chi connectivity index (χ1) is 20.5. The zero-order chi connectivity index (χ0) is 29.1. The minimum absolute atomic E-state index is 0.205. The van der Waals surface area contributed by atoms with Gasteiger partial charge in [0.15, 0.2) is 0 Å². The number of hydrogen-bond donors (Lipinski definition) is 1. The van der Waals surface area contributed by atoms with Crippen molar-refractivity contribution in [3.8, 4) is 38.6 Å². The number of aryl methyl sites for hydroxylation is 3. The van der Waals surface area contributed by atoms with Crippen LogP contribution < -0.4 is 0 Å². The molecule has 0 bridgehead atoms. The van der Waals surface area contributed by atoms with Crippen LogP contribution in [0.15, 0.2) is 108 Å². The standard InChI is InChI=1S/C38H34N2OS/c1-4-5-11-27-21-33(28-12-7-6-8-13-28)37-36(22-27)42-38(40-37)32-14-9-10-15-34(32)39-24-31-23-29(16-17-35(31)41)30-19-25(2)18-26(3)20-30/h6-10,12-24,41H,4-5,11H2,1-3H3. The van der Waals surface area contributed by atoms with Gasteiger partial charge in [0.2, 0.25) is 0 Å². The zero-order valence-corrected chi connectivity index (χ0v) is 25.1. The van der Waals surface area contributed by atoms with Gasteiger partial charge < -0.3 is 5.11 Å². The molecule has 6 aromatic rings. The van der Waals surface area contributed by atoms with Gasteiger partial charge in [-0.1, -0.05) is 91.2 Å². The summed E-state index contributed by atoms with van der Waals surface area (Å²) in [4.78, 5) is 10.1. The van der Waals surface area contributed by atoms with E-state index < -0.39 is 0 Å². The number of aliphatic imine (C=N–C) groups is 1. The molecule has 1 N–H and O–H groups in total. The highest BCUT2D eigenvalue weighted by Gasteiger charge is 2.15. The third-order valence-electron chi connectivity index (χ3n) is 7.52. The summed E-state index contributed by atoms with van der Waals surface area (Å²) in [6, 6.07) is 35.5. The smallest absolute Gasteiger partial charge is 0.126 e. The fraction of sp³-hybridized carbons (Fsp3) is 0.158. The molecule has 3 nitrogen and oxygen atoms in total. The molecule has 4 heteroatoms. The summed E-state index contributed by atoms with van der Waals surface area (Å²) < 4.78 is 1.19. The number of aromatic nitrogens is 1. The number of hydrogen-bond acceptors (Lipinski definition) is 4. The average molecular weight is 567 g/mol. The van der Waals surface area contributed by atoms with Gasteiger partial charge in [0.05, 0.1) is 15.9 Å². The van der Waals surface area contributed by atoms with Crippen LogP contribution in [0.3, 0.4) is 0 Å². The van der Waals surface area contributed by atoms with Gasteiger partial charge in [0.25, 0.3) is 0 Å². The van der Waals surface area contributed by atoms with Crippen molar-refractivity contribution in [1.29, 1.82) is 0 Å².